The van der Waals surface area contributed by atoms with E-state index in [9.17, 15) is 14.1 Å². The van der Waals surface area contributed by atoms with Gasteiger partial charge in [-0.1, -0.05) is 13.8 Å². The molecule has 1 rings (SSSR count). The van der Waals surface area contributed by atoms with Crippen LogP contribution in [0.3, 0.4) is 0 Å². The van der Waals surface area contributed by atoms with E-state index in [-0.39, 0.29) is 6.54 Å². The Kier molecular flexibility index (Phi) is 4.94. The number of amides is 2. The fraction of sp³-hybridized carbons (Fsp3) is 0.909. The number of hydrogen-bond acceptors (Lipinski definition) is 3. The third-order valence-electron chi connectivity index (χ3n) is 3.31. The van der Waals surface area contributed by atoms with Gasteiger partial charge in [0.2, 0.25) is 0 Å². The summed E-state index contributed by atoms with van der Waals surface area (Å²) in [5, 5.41) is 12.5. The molecule has 2 N–H and O–H groups in total. The number of hydrogen-bond donors (Lipinski definition) is 2. The van der Waals surface area contributed by atoms with Crippen LogP contribution in [0.25, 0.3) is 0 Å². The highest BCUT2D eigenvalue weighted by Crippen LogP contribution is 2.15. The molecule has 1 fully saturated rings. The van der Waals surface area contributed by atoms with Gasteiger partial charge in [0.15, 0.2) is 0 Å². The van der Waals surface area contributed by atoms with Crippen LogP contribution in [0, 0.1) is 0 Å². The predicted octanol–water partition coefficient (Wildman–Crippen LogP) is 1.51. The number of rotatable bonds is 4. The van der Waals surface area contributed by atoms with Gasteiger partial charge in [-0.05, 0) is 25.7 Å². The largest absolute Gasteiger partial charge is 0.388 e. The van der Waals surface area contributed by atoms with Crippen LogP contribution in [0.15, 0.2) is 4.36 Å². The van der Waals surface area contributed by atoms with Crippen molar-refractivity contribution < 1.29 is 14.1 Å². The number of aliphatic hydroxyl groups is 1. The average molecular weight is 262 g/mol. The Hall–Kier alpha value is -0.620. The Morgan fingerprint density at radius 1 is 1.35 bits per heavy atom. The monoisotopic (exact) mass is 262 g/mol. The van der Waals surface area contributed by atoms with Crippen LogP contribution in [0.4, 0.5) is 4.79 Å². The topological polar surface area (TPSA) is 78.8 Å². The summed E-state index contributed by atoms with van der Waals surface area (Å²) in [5.41, 5.74) is -0.883. The molecule has 0 aromatic heterocycles. The Labute approximate surface area is 103 Å². The molecule has 2 amide bonds. The first kappa shape index (κ1) is 14.4. The van der Waals surface area contributed by atoms with Crippen molar-refractivity contribution in [2.75, 3.05) is 18.1 Å². The number of carbonyl (C=O) groups is 1. The predicted molar refractivity (Wildman–Crippen MR) is 68.5 cm³/mol. The van der Waals surface area contributed by atoms with Gasteiger partial charge < -0.3 is 10.4 Å². The van der Waals surface area contributed by atoms with Gasteiger partial charge in [-0.15, -0.1) is 4.36 Å². The fourth-order valence-electron chi connectivity index (χ4n) is 1.77. The van der Waals surface area contributed by atoms with Crippen molar-refractivity contribution in [3.05, 3.63) is 0 Å². The lowest BCUT2D eigenvalue weighted by molar-refractivity contribution is 0.0353. The van der Waals surface area contributed by atoms with Gasteiger partial charge in [0, 0.05) is 18.1 Å². The molecule has 0 saturated carbocycles. The molecule has 1 heterocycles. The summed E-state index contributed by atoms with van der Waals surface area (Å²) >= 11 is 0. The lowest BCUT2D eigenvalue weighted by Gasteiger charge is -2.24. The minimum absolute atomic E-state index is 0.165. The van der Waals surface area contributed by atoms with Crippen LogP contribution in [0.1, 0.15) is 39.5 Å². The lowest BCUT2D eigenvalue weighted by atomic mass is 9.98. The van der Waals surface area contributed by atoms with E-state index in [2.05, 4.69) is 9.68 Å². The third-order valence-corrected chi connectivity index (χ3v) is 5.66. The molecule has 0 aromatic rings. The molecule has 0 unspecified atom stereocenters. The lowest BCUT2D eigenvalue weighted by Crippen LogP contribution is -2.41. The quantitative estimate of drug-likeness (QED) is 0.806. The molecule has 5 nitrogen and oxygen atoms in total. The van der Waals surface area contributed by atoms with Gasteiger partial charge in [0.1, 0.15) is 0 Å². The maximum Gasteiger partial charge on any atom is 0.349 e. The zero-order chi connectivity index (χ0) is 12.9. The van der Waals surface area contributed by atoms with Crippen molar-refractivity contribution in [2.24, 2.45) is 4.36 Å². The fourth-order valence-corrected chi connectivity index (χ4v) is 3.84. The van der Waals surface area contributed by atoms with E-state index in [1.54, 1.807) is 0 Å². The van der Waals surface area contributed by atoms with Crippen molar-refractivity contribution in [3.8, 4) is 0 Å². The maximum absolute atomic E-state index is 12.0. The summed E-state index contributed by atoms with van der Waals surface area (Å²) < 4.78 is 15.7. The van der Waals surface area contributed by atoms with E-state index >= 15 is 0 Å². The first-order valence-corrected chi connectivity index (χ1v) is 8.01. The second-order valence-electron chi connectivity index (χ2n) is 4.57. The second-order valence-corrected chi connectivity index (χ2v) is 7.11. The highest BCUT2D eigenvalue weighted by atomic mass is 32.2. The van der Waals surface area contributed by atoms with Crippen LogP contribution in [-0.2, 0) is 9.73 Å². The minimum Gasteiger partial charge on any atom is -0.388 e. The molecule has 0 aliphatic carbocycles. The summed E-state index contributed by atoms with van der Waals surface area (Å²) in [6, 6.07) is -0.558. The van der Waals surface area contributed by atoms with Gasteiger partial charge in [-0.3, -0.25) is 0 Å². The molecule has 1 aliphatic rings. The third kappa shape index (κ3) is 4.27. The highest BCUT2D eigenvalue weighted by Gasteiger charge is 2.23. The molecular formula is C11H22N2O3S. The summed E-state index contributed by atoms with van der Waals surface area (Å²) in [6.07, 6.45) is 2.89. The Balaban J connectivity index is 2.54. The molecule has 1 saturated heterocycles. The van der Waals surface area contributed by atoms with Crippen molar-refractivity contribution in [2.45, 2.75) is 45.1 Å². The van der Waals surface area contributed by atoms with Gasteiger partial charge in [0.25, 0.3) is 0 Å². The molecule has 1 aliphatic heterocycles. The zero-order valence-electron chi connectivity index (χ0n) is 10.6. The van der Waals surface area contributed by atoms with E-state index in [4.69, 9.17) is 0 Å². The van der Waals surface area contributed by atoms with E-state index in [0.717, 1.165) is 12.8 Å². The van der Waals surface area contributed by atoms with Crippen LogP contribution in [0.2, 0.25) is 0 Å². The van der Waals surface area contributed by atoms with Crippen molar-refractivity contribution in [1.82, 2.24) is 5.32 Å². The molecule has 100 valence electrons. The van der Waals surface area contributed by atoms with E-state index in [0.29, 0.717) is 24.3 Å². The molecule has 17 heavy (non-hydrogen) atoms. The average Bonchev–Trinajstić information content (AvgIpc) is 2.72. The Morgan fingerprint density at radius 2 is 1.88 bits per heavy atom. The van der Waals surface area contributed by atoms with Gasteiger partial charge in [-0.2, -0.15) is 0 Å². The first-order chi connectivity index (χ1) is 7.93. The maximum atomic E-state index is 12.0. The highest BCUT2D eigenvalue weighted by molar-refractivity contribution is 7.94. The Morgan fingerprint density at radius 3 is 2.35 bits per heavy atom. The van der Waals surface area contributed by atoms with Crippen LogP contribution < -0.4 is 5.32 Å². The van der Waals surface area contributed by atoms with Crippen molar-refractivity contribution in [1.29, 1.82) is 0 Å². The molecule has 0 spiro atoms. The van der Waals surface area contributed by atoms with Crippen LogP contribution in [0.5, 0.6) is 0 Å². The van der Waals surface area contributed by atoms with Crippen LogP contribution in [-0.4, -0.2) is 39.0 Å². The minimum atomic E-state index is -2.30. The Bertz CT molecular complexity index is 370. The van der Waals surface area contributed by atoms with Gasteiger partial charge in [0.05, 0.1) is 15.3 Å². The number of urea groups is 1. The van der Waals surface area contributed by atoms with E-state index in [1.807, 2.05) is 13.8 Å². The smallest absolute Gasteiger partial charge is 0.349 e. The SMILES string of the molecule is CCC(O)(CC)CNC(=O)N=S1(=O)CCCC1. The van der Waals surface area contributed by atoms with Gasteiger partial charge in [-0.25, -0.2) is 9.00 Å². The summed E-state index contributed by atoms with van der Waals surface area (Å²) in [6.45, 7) is 3.89. The molecule has 0 radical (unpaired) electrons. The zero-order valence-corrected chi connectivity index (χ0v) is 11.4. The first-order valence-electron chi connectivity index (χ1n) is 6.16. The standard InChI is InChI=1S/C11H22N2O3S/c1-3-11(15,4-2)9-12-10(14)13-17(16)7-5-6-8-17/h15H,3-9H2,1-2H3,(H,12,14). The van der Waals surface area contributed by atoms with E-state index in [1.165, 1.54) is 0 Å². The van der Waals surface area contributed by atoms with Crippen molar-refractivity contribution >= 4 is 15.8 Å². The van der Waals surface area contributed by atoms with Gasteiger partial charge >= 0.3 is 6.03 Å². The normalized spacial score (nSPS) is 19.0. The molecule has 0 atom stereocenters. The van der Waals surface area contributed by atoms with E-state index < -0.39 is 21.4 Å². The number of carbonyl (C=O) groups excluding carboxylic acids is 1. The van der Waals surface area contributed by atoms with Crippen molar-refractivity contribution in [3.63, 3.8) is 0 Å². The summed E-state index contributed by atoms with van der Waals surface area (Å²) in [7, 11) is -2.30. The molecule has 6 heteroatoms. The number of nitrogens with one attached hydrogen (secondary N) is 1. The van der Waals surface area contributed by atoms with Crippen LogP contribution >= 0.6 is 0 Å². The molecule has 0 aromatic carbocycles. The summed E-state index contributed by atoms with van der Waals surface area (Å²) in [4.78, 5) is 11.5. The second kappa shape index (κ2) is 5.82. The number of nitrogens with zero attached hydrogens (tertiary/aromatic N) is 1. The summed E-state index contributed by atoms with van der Waals surface area (Å²) in [5.74, 6) is 1.04. The molecular weight excluding hydrogens is 240 g/mol. The molecule has 0 bridgehead atoms.